The Hall–Kier alpha value is -3.14. The van der Waals surface area contributed by atoms with Gasteiger partial charge in [0.05, 0.1) is 28.9 Å². The monoisotopic (exact) mass is 340 g/mol. The normalized spacial score (nSPS) is 29.7. The molecule has 26 heavy (non-hydrogen) atoms. The van der Waals surface area contributed by atoms with E-state index in [1.54, 1.807) is 0 Å². The van der Waals surface area contributed by atoms with E-state index in [0.717, 1.165) is 39.9 Å². The van der Waals surface area contributed by atoms with Gasteiger partial charge in [-0.1, -0.05) is 6.08 Å². The number of fused-ring (bicyclic) bond motifs is 6. The van der Waals surface area contributed by atoms with Crippen LogP contribution in [0.1, 0.15) is 6.42 Å². The number of aliphatic imine (C=N–C) groups is 2. The molecule has 0 saturated carbocycles. The van der Waals surface area contributed by atoms with Crippen molar-refractivity contribution < 1.29 is 0 Å². The van der Waals surface area contributed by atoms with Gasteiger partial charge in [-0.2, -0.15) is 0 Å². The van der Waals surface area contributed by atoms with Crippen molar-refractivity contribution in [3.05, 3.63) is 82.5 Å². The number of nitrogens with zero attached hydrogens (tertiary/aromatic N) is 4. The van der Waals surface area contributed by atoms with Gasteiger partial charge in [-0.25, -0.2) is 9.98 Å². The van der Waals surface area contributed by atoms with Gasteiger partial charge in [0.15, 0.2) is 0 Å². The molecule has 0 amide bonds. The highest BCUT2D eigenvalue weighted by molar-refractivity contribution is 6.20. The van der Waals surface area contributed by atoms with E-state index >= 15 is 0 Å². The van der Waals surface area contributed by atoms with Crippen molar-refractivity contribution >= 4 is 23.6 Å². The van der Waals surface area contributed by atoms with Crippen LogP contribution in [-0.4, -0.2) is 34.0 Å². The van der Waals surface area contributed by atoms with Crippen molar-refractivity contribution in [2.45, 2.75) is 12.5 Å². The molecular weight excluding hydrogens is 320 g/mol. The smallest absolute Gasteiger partial charge is 0.0658 e. The van der Waals surface area contributed by atoms with Crippen LogP contribution in [0.2, 0.25) is 0 Å². The maximum Gasteiger partial charge on any atom is 0.0658 e. The second-order valence-electron chi connectivity index (χ2n) is 6.97. The summed E-state index contributed by atoms with van der Waals surface area (Å²) in [5.41, 5.74) is 5.21. The highest BCUT2D eigenvalue weighted by Crippen LogP contribution is 2.26. The molecule has 5 rings (SSSR count). The van der Waals surface area contributed by atoms with Crippen molar-refractivity contribution in [1.29, 1.82) is 0 Å². The minimum absolute atomic E-state index is 0.333. The second-order valence-corrected chi connectivity index (χ2v) is 6.97. The van der Waals surface area contributed by atoms with Crippen molar-refractivity contribution in [3.8, 4) is 0 Å². The largest absolute Gasteiger partial charge is 0.368 e. The van der Waals surface area contributed by atoms with Crippen molar-refractivity contribution in [3.63, 3.8) is 0 Å². The molecule has 4 nitrogen and oxygen atoms in total. The molecule has 128 valence electrons. The van der Waals surface area contributed by atoms with Crippen LogP contribution in [0.5, 0.6) is 0 Å². The van der Waals surface area contributed by atoms with E-state index in [1.807, 2.05) is 0 Å². The summed E-state index contributed by atoms with van der Waals surface area (Å²) < 4.78 is 2.17. The molecule has 0 aromatic carbocycles. The SMILES string of the molecule is CN1C2=CCC1/C=C1/C=CC(=N1)/C=c1/cc/c(n1C)=C/C1=NC(=C\2)/C=C1. The van der Waals surface area contributed by atoms with E-state index < -0.39 is 0 Å². The summed E-state index contributed by atoms with van der Waals surface area (Å²) in [5.74, 6) is 0. The lowest BCUT2D eigenvalue weighted by molar-refractivity contribution is 0.395. The van der Waals surface area contributed by atoms with Gasteiger partial charge in [0.1, 0.15) is 0 Å². The summed E-state index contributed by atoms with van der Waals surface area (Å²) in [4.78, 5) is 11.8. The van der Waals surface area contributed by atoms with Gasteiger partial charge < -0.3 is 9.47 Å². The summed E-state index contributed by atoms with van der Waals surface area (Å²) in [6.45, 7) is 0. The summed E-state index contributed by atoms with van der Waals surface area (Å²) in [5, 5.41) is 2.26. The van der Waals surface area contributed by atoms with E-state index in [4.69, 9.17) is 9.98 Å². The molecular formula is C22H20N4. The summed E-state index contributed by atoms with van der Waals surface area (Å²) in [7, 11) is 4.21. The first-order valence-corrected chi connectivity index (χ1v) is 8.91. The molecule has 0 radical (unpaired) electrons. The molecule has 1 atom stereocenters. The van der Waals surface area contributed by atoms with Crippen molar-refractivity contribution in [2.75, 3.05) is 7.05 Å². The molecule has 0 N–H and O–H groups in total. The number of hydrogen-bond donors (Lipinski definition) is 0. The average molecular weight is 340 g/mol. The highest BCUT2D eigenvalue weighted by Gasteiger charge is 2.21. The van der Waals surface area contributed by atoms with Crippen molar-refractivity contribution in [2.24, 2.45) is 17.0 Å². The van der Waals surface area contributed by atoms with Crippen LogP contribution in [0.4, 0.5) is 0 Å². The molecule has 4 heteroatoms. The predicted octanol–water partition coefficient (Wildman–Crippen LogP) is 1.98. The molecule has 0 saturated heterocycles. The number of aromatic nitrogens is 1. The maximum absolute atomic E-state index is 4.77. The summed E-state index contributed by atoms with van der Waals surface area (Å²) >= 11 is 0. The Morgan fingerprint density at radius 3 is 2.23 bits per heavy atom. The van der Waals surface area contributed by atoms with Gasteiger partial charge >= 0.3 is 0 Å². The molecule has 5 heterocycles. The van der Waals surface area contributed by atoms with Crippen LogP contribution in [-0.2, 0) is 7.05 Å². The minimum atomic E-state index is 0.333. The van der Waals surface area contributed by atoms with E-state index in [0.29, 0.717) is 6.04 Å². The Bertz CT molecular complexity index is 1130. The Kier molecular flexibility index (Phi) is 3.32. The van der Waals surface area contributed by atoms with Crippen LogP contribution in [0.3, 0.4) is 0 Å². The van der Waals surface area contributed by atoms with E-state index in [1.165, 1.54) is 5.70 Å². The van der Waals surface area contributed by atoms with Gasteiger partial charge in [-0.3, -0.25) is 0 Å². The zero-order valence-electron chi connectivity index (χ0n) is 14.9. The lowest BCUT2D eigenvalue weighted by Crippen LogP contribution is -2.24. The number of allylic oxidation sites excluding steroid dienone is 5. The Morgan fingerprint density at radius 1 is 0.846 bits per heavy atom. The fraction of sp³-hybridized carbons (Fsp3) is 0.182. The van der Waals surface area contributed by atoms with Crippen LogP contribution in [0, 0.1) is 0 Å². The van der Waals surface area contributed by atoms with Gasteiger partial charge in [-0.05, 0) is 67.2 Å². The molecule has 4 aliphatic heterocycles. The lowest BCUT2D eigenvalue weighted by Gasteiger charge is -2.21. The topological polar surface area (TPSA) is 32.9 Å². The van der Waals surface area contributed by atoms with Crippen LogP contribution in [0.25, 0.3) is 12.2 Å². The Morgan fingerprint density at radius 2 is 1.50 bits per heavy atom. The zero-order valence-corrected chi connectivity index (χ0v) is 14.9. The summed E-state index contributed by atoms with van der Waals surface area (Å²) in [6.07, 6.45) is 20.2. The first-order chi connectivity index (χ1) is 12.7. The molecule has 0 fully saturated rings. The van der Waals surface area contributed by atoms with E-state index in [-0.39, 0.29) is 0 Å². The van der Waals surface area contributed by atoms with Gasteiger partial charge in [-0.15, -0.1) is 0 Å². The van der Waals surface area contributed by atoms with Crippen LogP contribution in [0.15, 0.2) is 81.7 Å². The second kappa shape index (κ2) is 5.70. The van der Waals surface area contributed by atoms with Crippen LogP contribution < -0.4 is 10.7 Å². The number of likely N-dealkylation sites (N-methyl/N-ethyl adjacent to an activating group) is 1. The fourth-order valence-corrected chi connectivity index (χ4v) is 3.68. The Balaban J connectivity index is 1.70. The predicted molar refractivity (Wildman–Crippen MR) is 107 cm³/mol. The molecule has 0 aliphatic carbocycles. The first-order valence-electron chi connectivity index (χ1n) is 8.91. The van der Waals surface area contributed by atoms with Gasteiger partial charge in [0.2, 0.25) is 0 Å². The number of rotatable bonds is 0. The van der Waals surface area contributed by atoms with E-state index in [2.05, 4.69) is 90.4 Å². The third-order valence-electron chi connectivity index (χ3n) is 5.29. The van der Waals surface area contributed by atoms with Gasteiger partial charge in [0, 0.05) is 30.5 Å². The molecule has 1 unspecified atom stereocenters. The highest BCUT2D eigenvalue weighted by atomic mass is 15.2. The molecule has 4 aliphatic rings. The maximum atomic E-state index is 4.77. The Labute approximate surface area is 152 Å². The third kappa shape index (κ3) is 2.54. The average Bonchev–Trinajstić information content (AvgIpc) is 3.39. The molecule has 0 spiro atoms. The van der Waals surface area contributed by atoms with Crippen LogP contribution >= 0.6 is 0 Å². The van der Waals surface area contributed by atoms with Crippen molar-refractivity contribution in [1.82, 2.24) is 9.47 Å². The van der Waals surface area contributed by atoms with Gasteiger partial charge in [0.25, 0.3) is 0 Å². The molecule has 1 aromatic heterocycles. The molecule has 8 bridgehead atoms. The summed E-state index contributed by atoms with van der Waals surface area (Å²) in [6, 6.07) is 4.58. The zero-order chi connectivity index (χ0) is 17.7. The fourth-order valence-electron chi connectivity index (χ4n) is 3.68. The molecule has 1 aromatic rings. The quantitative estimate of drug-likeness (QED) is 0.711. The minimum Gasteiger partial charge on any atom is -0.368 e. The standard InChI is InChI=1S/C22H20N4/c1-25-19-7-8-20(25)12-16-4-6-18(24-16)14-22-10-9-21(26(22)2)13-17-5-3-15(11-19)23-17/h3-9,11-14,22H,10H2,1-2H3/b17-13-,18-14-,19-11-,20-12-. The number of hydrogen-bond acceptors (Lipinski definition) is 3. The third-order valence-corrected chi connectivity index (χ3v) is 5.29. The lowest BCUT2D eigenvalue weighted by atomic mass is 10.2. The first kappa shape index (κ1) is 15.1. The van der Waals surface area contributed by atoms with E-state index in [9.17, 15) is 0 Å².